The molecule has 5 atom stereocenters. The van der Waals surface area contributed by atoms with Crippen LogP contribution in [0.15, 0.2) is 46.9 Å². The Morgan fingerprint density at radius 3 is 3.04 bits per heavy atom. The van der Waals surface area contributed by atoms with Gasteiger partial charge >= 0.3 is 0 Å². The lowest BCUT2D eigenvalue weighted by molar-refractivity contribution is -0.266. The quantitative estimate of drug-likeness (QED) is 0.775. The fourth-order valence-electron chi connectivity index (χ4n) is 3.63. The molecule has 3 aliphatic rings. The first kappa shape index (κ1) is 18.3. The smallest absolute Gasteiger partial charge is 0.136 e. The highest BCUT2D eigenvalue weighted by molar-refractivity contribution is 8.03. The lowest BCUT2D eigenvalue weighted by atomic mass is 9.93. The van der Waals surface area contributed by atoms with Crippen molar-refractivity contribution in [2.24, 2.45) is 7.05 Å². The molecule has 2 aromatic rings. The molecule has 3 aliphatic heterocycles. The summed E-state index contributed by atoms with van der Waals surface area (Å²) in [5.74, 6) is 0. The molecular weight excluding hydrogens is 402 g/mol. The fourth-order valence-corrected chi connectivity index (χ4v) is 5.02. The van der Waals surface area contributed by atoms with Crippen molar-refractivity contribution in [2.45, 2.75) is 29.8 Å². The third kappa shape index (κ3) is 3.27. The number of hydrogen-bond acceptors (Lipinski definition) is 7. The Morgan fingerprint density at radius 1 is 1.43 bits per heavy atom. The number of halogens is 1. The highest BCUT2D eigenvalue weighted by Crippen LogP contribution is 2.43. The molecule has 0 spiro atoms. The minimum Gasteiger partial charge on any atom is -0.387 e. The van der Waals surface area contributed by atoms with E-state index in [1.165, 1.54) is 11.8 Å². The van der Waals surface area contributed by atoms with Gasteiger partial charge in [0, 0.05) is 41.1 Å². The van der Waals surface area contributed by atoms with Gasteiger partial charge in [-0.25, -0.2) is 0 Å². The number of fused-ring (bicyclic) bond motifs is 1. The molecule has 0 amide bonds. The molecule has 0 aromatic carbocycles. The number of aryl methyl sites for hydroxylation is 1. The van der Waals surface area contributed by atoms with Gasteiger partial charge in [0.15, 0.2) is 0 Å². The van der Waals surface area contributed by atoms with Gasteiger partial charge in [-0.15, -0.1) is 0 Å². The first-order chi connectivity index (χ1) is 13.6. The zero-order valence-corrected chi connectivity index (χ0v) is 16.7. The Kier molecular flexibility index (Phi) is 4.72. The van der Waals surface area contributed by atoms with Crippen LogP contribution in [0.4, 0.5) is 0 Å². The van der Waals surface area contributed by atoms with Crippen LogP contribution in [0, 0.1) is 0 Å². The van der Waals surface area contributed by atoms with Crippen LogP contribution >= 0.6 is 23.4 Å². The van der Waals surface area contributed by atoms with E-state index in [-0.39, 0.29) is 18.2 Å². The summed E-state index contributed by atoms with van der Waals surface area (Å²) < 4.78 is 15.3. The third-order valence-electron chi connectivity index (χ3n) is 5.08. The zero-order valence-electron chi connectivity index (χ0n) is 15.1. The number of ether oxygens (including phenoxy) is 2. The number of hydrogen-bond donors (Lipinski definition) is 2. The van der Waals surface area contributed by atoms with E-state index in [9.17, 15) is 5.11 Å². The van der Waals surface area contributed by atoms with Crippen molar-refractivity contribution in [1.82, 2.24) is 24.9 Å². The lowest BCUT2D eigenvalue weighted by Gasteiger charge is -2.50. The standard InChI is InChI=1S/C18H20ClN5O3S/c1-23-3-2-13(22-23)10-5-21-24(8-10)15-16(25)18(27-14-9-26-17(14)15)28-12-4-11(19)6-20-7-12/h2-5,7-8,14-18,20,25H,6,9H2,1H3. The maximum atomic E-state index is 11.1. The minimum absolute atomic E-state index is 0.0648. The predicted molar refractivity (Wildman–Crippen MR) is 105 cm³/mol. The Hall–Kier alpha value is -1.78. The average molecular weight is 422 g/mol. The molecule has 5 rings (SSSR count). The molecular formula is C18H20ClN5O3S. The second-order valence-electron chi connectivity index (χ2n) is 7.04. The van der Waals surface area contributed by atoms with Crippen LogP contribution < -0.4 is 5.32 Å². The molecule has 0 bridgehead atoms. The van der Waals surface area contributed by atoms with Gasteiger partial charge in [-0.1, -0.05) is 23.4 Å². The van der Waals surface area contributed by atoms with E-state index in [1.54, 1.807) is 15.6 Å². The van der Waals surface area contributed by atoms with Crippen LogP contribution in [0.3, 0.4) is 0 Å². The van der Waals surface area contributed by atoms with Crippen molar-refractivity contribution < 1.29 is 14.6 Å². The first-order valence-electron chi connectivity index (χ1n) is 9.04. The highest BCUT2D eigenvalue weighted by Gasteiger charge is 2.52. The van der Waals surface area contributed by atoms with E-state index in [2.05, 4.69) is 15.5 Å². The van der Waals surface area contributed by atoms with Gasteiger partial charge in [-0.2, -0.15) is 10.2 Å². The number of nitrogens with zero attached hydrogens (tertiary/aromatic N) is 4. The van der Waals surface area contributed by atoms with Crippen molar-refractivity contribution >= 4 is 23.4 Å². The molecule has 0 radical (unpaired) electrons. The third-order valence-corrected chi connectivity index (χ3v) is 6.45. The second-order valence-corrected chi connectivity index (χ2v) is 8.70. The first-order valence-corrected chi connectivity index (χ1v) is 10.3. The molecule has 0 saturated carbocycles. The van der Waals surface area contributed by atoms with Crippen molar-refractivity contribution in [3.63, 3.8) is 0 Å². The summed E-state index contributed by atoms with van der Waals surface area (Å²) in [5.41, 5.74) is 1.29. The molecule has 2 fully saturated rings. The molecule has 2 saturated heterocycles. The van der Waals surface area contributed by atoms with Gasteiger partial charge < -0.3 is 19.9 Å². The monoisotopic (exact) mass is 421 g/mol. The Labute approximate surface area is 171 Å². The van der Waals surface area contributed by atoms with Crippen LogP contribution in [-0.2, 0) is 16.5 Å². The summed E-state index contributed by atoms with van der Waals surface area (Å²) in [6, 6.07) is 1.60. The summed E-state index contributed by atoms with van der Waals surface area (Å²) in [6.07, 6.45) is 8.25. The van der Waals surface area contributed by atoms with Gasteiger partial charge in [0.05, 0.1) is 25.0 Å². The van der Waals surface area contributed by atoms with Crippen LogP contribution in [0.5, 0.6) is 0 Å². The van der Waals surface area contributed by atoms with E-state index in [4.69, 9.17) is 21.1 Å². The van der Waals surface area contributed by atoms with E-state index in [0.29, 0.717) is 13.2 Å². The van der Waals surface area contributed by atoms with Gasteiger partial charge in [0.2, 0.25) is 0 Å². The van der Waals surface area contributed by atoms with Gasteiger partial charge in [-0.3, -0.25) is 9.36 Å². The molecule has 0 aliphatic carbocycles. The number of nitrogens with one attached hydrogen (secondary N) is 1. The summed E-state index contributed by atoms with van der Waals surface area (Å²) in [6.45, 7) is 1.14. The van der Waals surface area contributed by atoms with E-state index in [0.717, 1.165) is 21.2 Å². The van der Waals surface area contributed by atoms with Crippen molar-refractivity contribution in [2.75, 3.05) is 13.2 Å². The van der Waals surface area contributed by atoms with E-state index in [1.807, 2.05) is 37.8 Å². The zero-order chi connectivity index (χ0) is 19.3. The van der Waals surface area contributed by atoms with Gasteiger partial charge in [0.25, 0.3) is 0 Å². The Morgan fingerprint density at radius 2 is 2.32 bits per heavy atom. The lowest BCUT2D eigenvalue weighted by Crippen LogP contribution is -2.62. The largest absolute Gasteiger partial charge is 0.387 e. The molecule has 28 heavy (non-hydrogen) atoms. The normalized spacial score (nSPS) is 32.0. The van der Waals surface area contributed by atoms with Crippen LogP contribution in [0.25, 0.3) is 11.3 Å². The maximum Gasteiger partial charge on any atom is 0.136 e. The Bertz CT molecular complexity index is 941. The molecule has 5 heterocycles. The second kappa shape index (κ2) is 7.23. The van der Waals surface area contributed by atoms with Gasteiger partial charge in [0.1, 0.15) is 29.8 Å². The van der Waals surface area contributed by atoms with Gasteiger partial charge in [-0.05, 0) is 12.1 Å². The number of aromatic nitrogens is 4. The number of rotatable bonds is 4. The topological polar surface area (TPSA) is 86.4 Å². The van der Waals surface area contributed by atoms with Crippen LogP contribution in [-0.4, -0.2) is 61.6 Å². The maximum absolute atomic E-state index is 11.1. The molecule has 2 aromatic heterocycles. The minimum atomic E-state index is -0.793. The van der Waals surface area contributed by atoms with Crippen molar-refractivity contribution in [1.29, 1.82) is 0 Å². The van der Waals surface area contributed by atoms with Crippen LogP contribution in [0.1, 0.15) is 6.04 Å². The summed E-state index contributed by atoms with van der Waals surface area (Å²) in [5, 5.41) is 23.8. The number of aliphatic hydroxyl groups is 1. The van der Waals surface area contributed by atoms with E-state index >= 15 is 0 Å². The number of allylic oxidation sites excluding steroid dienone is 1. The molecule has 8 nitrogen and oxygen atoms in total. The average Bonchev–Trinajstić information content (AvgIpc) is 3.29. The van der Waals surface area contributed by atoms with Crippen molar-refractivity contribution in [3.8, 4) is 11.3 Å². The molecule has 10 heteroatoms. The fraction of sp³-hybridized carbons (Fsp3) is 0.444. The molecule has 5 unspecified atom stereocenters. The molecule has 2 N–H and O–H groups in total. The predicted octanol–water partition coefficient (Wildman–Crippen LogP) is 1.61. The SMILES string of the molecule is Cn1ccc(-c2cnn(C3C(O)C(SC4=CNCC(Cl)=C4)OC4COC43)c2)n1. The van der Waals surface area contributed by atoms with Crippen LogP contribution in [0.2, 0.25) is 0 Å². The number of thioether (sulfide) groups is 1. The van der Waals surface area contributed by atoms with E-state index < -0.39 is 11.5 Å². The highest BCUT2D eigenvalue weighted by atomic mass is 35.5. The summed E-state index contributed by atoms with van der Waals surface area (Å²) >= 11 is 7.57. The Balaban J connectivity index is 1.39. The number of aliphatic hydroxyl groups excluding tert-OH is 1. The number of dihydropyridines is 1. The summed E-state index contributed by atoms with van der Waals surface area (Å²) in [7, 11) is 1.88. The summed E-state index contributed by atoms with van der Waals surface area (Å²) in [4.78, 5) is 0.924. The molecule has 148 valence electrons. The van der Waals surface area contributed by atoms with Crippen molar-refractivity contribution in [3.05, 3.63) is 46.9 Å².